The standard InChI is InChI=1S/C26H26N4O3/c31-23-12-14-26(25(33)27-16-18-6-2-1-3-7-18)17-30(15-13-22(26)29-23)24(32)21-11-10-19-8-4-5-9-20(19)28-21/h1-11,22H,12-17H2,(H,27,33)(H,29,31)/t22-,26+/m1/s1. The molecule has 2 aliphatic heterocycles. The number of fused-ring (bicyclic) bond motifs is 2. The maximum atomic E-state index is 13.5. The number of para-hydroxylation sites is 1. The van der Waals surface area contributed by atoms with E-state index in [1.165, 1.54) is 0 Å². The Hall–Kier alpha value is -3.74. The quantitative estimate of drug-likeness (QED) is 0.650. The number of nitrogens with zero attached hydrogens (tertiary/aromatic N) is 2. The van der Waals surface area contributed by atoms with Gasteiger partial charge in [-0.3, -0.25) is 14.4 Å². The van der Waals surface area contributed by atoms with E-state index in [9.17, 15) is 14.4 Å². The average molecular weight is 443 g/mol. The number of hydrogen-bond donors (Lipinski definition) is 2. The van der Waals surface area contributed by atoms with Gasteiger partial charge in [-0.05, 0) is 30.5 Å². The molecule has 7 heteroatoms. The molecule has 2 N–H and O–H groups in total. The molecule has 2 fully saturated rings. The second-order valence-electron chi connectivity index (χ2n) is 8.85. The van der Waals surface area contributed by atoms with Gasteiger partial charge in [-0.2, -0.15) is 0 Å². The number of hydrogen-bond acceptors (Lipinski definition) is 4. The van der Waals surface area contributed by atoms with Crippen molar-refractivity contribution >= 4 is 28.6 Å². The first-order valence-electron chi connectivity index (χ1n) is 11.3. The van der Waals surface area contributed by atoms with Gasteiger partial charge < -0.3 is 15.5 Å². The molecule has 3 amide bonds. The van der Waals surface area contributed by atoms with Crippen molar-refractivity contribution in [3.63, 3.8) is 0 Å². The minimum absolute atomic E-state index is 0.0394. The van der Waals surface area contributed by atoms with Crippen LogP contribution in [0.2, 0.25) is 0 Å². The monoisotopic (exact) mass is 442 g/mol. The van der Waals surface area contributed by atoms with Crippen molar-refractivity contribution in [2.45, 2.75) is 31.8 Å². The van der Waals surface area contributed by atoms with Crippen LogP contribution < -0.4 is 10.6 Å². The second kappa shape index (κ2) is 8.65. The van der Waals surface area contributed by atoms with Gasteiger partial charge in [-0.1, -0.05) is 54.6 Å². The Morgan fingerprint density at radius 1 is 1.06 bits per heavy atom. The first kappa shape index (κ1) is 21.1. The first-order chi connectivity index (χ1) is 16.0. The lowest BCUT2D eigenvalue weighted by Gasteiger charge is -2.49. The van der Waals surface area contributed by atoms with E-state index in [-0.39, 0.29) is 36.7 Å². The van der Waals surface area contributed by atoms with Crippen LogP contribution in [0.1, 0.15) is 35.3 Å². The van der Waals surface area contributed by atoms with Gasteiger partial charge in [0, 0.05) is 37.5 Å². The first-order valence-corrected chi connectivity index (χ1v) is 11.3. The highest BCUT2D eigenvalue weighted by Crippen LogP contribution is 2.38. The summed E-state index contributed by atoms with van der Waals surface area (Å²) < 4.78 is 0. The average Bonchev–Trinajstić information content (AvgIpc) is 2.86. The highest BCUT2D eigenvalue weighted by Gasteiger charge is 2.52. The molecule has 168 valence electrons. The van der Waals surface area contributed by atoms with Crippen molar-refractivity contribution < 1.29 is 14.4 Å². The van der Waals surface area contributed by atoms with Gasteiger partial charge in [-0.25, -0.2) is 4.98 Å². The van der Waals surface area contributed by atoms with Crippen LogP contribution in [0.25, 0.3) is 10.9 Å². The Morgan fingerprint density at radius 3 is 2.70 bits per heavy atom. The van der Waals surface area contributed by atoms with Crippen molar-refractivity contribution in [2.75, 3.05) is 13.1 Å². The van der Waals surface area contributed by atoms with Crippen molar-refractivity contribution in [3.8, 4) is 0 Å². The minimum atomic E-state index is -0.854. The molecule has 2 atom stereocenters. The Labute approximate surface area is 192 Å². The number of nitrogens with one attached hydrogen (secondary N) is 2. The maximum Gasteiger partial charge on any atom is 0.272 e. The number of rotatable bonds is 4. The van der Waals surface area contributed by atoms with Crippen LogP contribution in [0, 0.1) is 5.41 Å². The smallest absolute Gasteiger partial charge is 0.272 e. The van der Waals surface area contributed by atoms with Crippen molar-refractivity contribution in [3.05, 3.63) is 78.0 Å². The van der Waals surface area contributed by atoms with Gasteiger partial charge in [0.05, 0.1) is 10.9 Å². The molecular weight excluding hydrogens is 416 g/mol. The van der Waals surface area contributed by atoms with E-state index >= 15 is 0 Å². The summed E-state index contributed by atoms with van der Waals surface area (Å²) in [6.45, 7) is 1.13. The number of carbonyl (C=O) groups excluding carboxylic acids is 3. The largest absolute Gasteiger partial charge is 0.352 e. The zero-order valence-corrected chi connectivity index (χ0v) is 18.3. The third kappa shape index (κ3) is 4.06. The maximum absolute atomic E-state index is 13.5. The summed E-state index contributed by atoms with van der Waals surface area (Å²) in [7, 11) is 0. The molecule has 0 bridgehead atoms. The molecular formula is C26H26N4O3. The molecule has 2 saturated heterocycles. The van der Waals surface area contributed by atoms with E-state index in [4.69, 9.17) is 0 Å². The van der Waals surface area contributed by atoms with Crippen molar-refractivity contribution in [1.82, 2.24) is 20.5 Å². The van der Waals surface area contributed by atoms with Gasteiger partial charge in [0.2, 0.25) is 11.8 Å². The van der Waals surface area contributed by atoms with E-state index in [1.54, 1.807) is 11.0 Å². The van der Waals surface area contributed by atoms with Gasteiger partial charge in [0.1, 0.15) is 5.69 Å². The van der Waals surface area contributed by atoms with E-state index in [0.29, 0.717) is 31.6 Å². The van der Waals surface area contributed by atoms with Gasteiger partial charge >= 0.3 is 0 Å². The van der Waals surface area contributed by atoms with Gasteiger partial charge in [-0.15, -0.1) is 0 Å². The molecule has 0 aliphatic carbocycles. The number of benzene rings is 2. The van der Waals surface area contributed by atoms with E-state index in [0.717, 1.165) is 16.5 Å². The molecule has 3 heterocycles. The van der Waals surface area contributed by atoms with E-state index < -0.39 is 5.41 Å². The topological polar surface area (TPSA) is 91.4 Å². The second-order valence-corrected chi connectivity index (χ2v) is 8.85. The van der Waals surface area contributed by atoms with Crippen LogP contribution in [-0.4, -0.2) is 46.7 Å². The summed E-state index contributed by atoms with van der Waals surface area (Å²) in [4.78, 5) is 45.2. The number of aromatic nitrogens is 1. The number of amides is 3. The molecule has 33 heavy (non-hydrogen) atoms. The lowest BCUT2D eigenvalue weighted by atomic mass is 9.69. The van der Waals surface area contributed by atoms with Crippen LogP contribution in [0.3, 0.4) is 0 Å². The van der Waals surface area contributed by atoms with Crippen LogP contribution in [0.15, 0.2) is 66.7 Å². The summed E-state index contributed by atoms with van der Waals surface area (Å²) >= 11 is 0. The molecule has 5 rings (SSSR count). The Morgan fingerprint density at radius 2 is 1.85 bits per heavy atom. The zero-order valence-electron chi connectivity index (χ0n) is 18.3. The summed E-state index contributed by atoms with van der Waals surface area (Å²) in [5.41, 5.74) is 1.28. The third-order valence-corrected chi connectivity index (χ3v) is 6.81. The molecule has 2 aliphatic rings. The summed E-state index contributed by atoms with van der Waals surface area (Å²) in [6.07, 6.45) is 1.22. The number of carbonyl (C=O) groups is 3. The fraction of sp³-hybridized carbons (Fsp3) is 0.308. The molecule has 1 aromatic heterocycles. The molecule has 7 nitrogen and oxygen atoms in total. The highest BCUT2D eigenvalue weighted by molar-refractivity contribution is 5.96. The Kier molecular flexibility index (Phi) is 5.54. The lowest BCUT2D eigenvalue weighted by molar-refractivity contribution is -0.142. The van der Waals surface area contributed by atoms with Crippen LogP contribution >= 0.6 is 0 Å². The van der Waals surface area contributed by atoms with Crippen molar-refractivity contribution in [2.24, 2.45) is 5.41 Å². The van der Waals surface area contributed by atoms with Crippen LogP contribution in [0.5, 0.6) is 0 Å². The van der Waals surface area contributed by atoms with Gasteiger partial charge in [0.25, 0.3) is 5.91 Å². The Bertz CT molecular complexity index is 1210. The molecule has 0 unspecified atom stereocenters. The highest BCUT2D eigenvalue weighted by atomic mass is 16.2. The molecule has 0 saturated carbocycles. The van der Waals surface area contributed by atoms with Crippen LogP contribution in [-0.2, 0) is 16.1 Å². The third-order valence-electron chi connectivity index (χ3n) is 6.81. The number of piperidine rings is 2. The van der Waals surface area contributed by atoms with Gasteiger partial charge in [0.15, 0.2) is 0 Å². The predicted molar refractivity (Wildman–Crippen MR) is 124 cm³/mol. The zero-order chi connectivity index (χ0) is 22.8. The minimum Gasteiger partial charge on any atom is -0.352 e. The number of pyridine rings is 1. The summed E-state index contributed by atoms with van der Waals surface area (Å²) in [6, 6.07) is 20.7. The predicted octanol–water partition coefficient (Wildman–Crippen LogP) is 2.66. The number of likely N-dealkylation sites (tertiary alicyclic amines) is 1. The lowest BCUT2D eigenvalue weighted by Crippen LogP contribution is -2.66. The van der Waals surface area contributed by atoms with E-state index in [1.807, 2.05) is 60.7 Å². The summed E-state index contributed by atoms with van der Waals surface area (Å²) in [5.74, 6) is -0.353. The Balaban J connectivity index is 1.38. The fourth-order valence-corrected chi connectivity index (χ4v) is 4.98. The summed E-state index contributed by atoms with van der Waals surface area (Å²) in [5, 5.41) is 7.03. The molecule has 0 spiro atoms. The van der Waals surface area contributed by atoms with E-state index in [2.05, 4.69) is 15.6 Å². The van der Waals surface area contributed by atoms with Crippen molar-refractivity contribution in [1.29, 1.82) is 0 Å². The fourth-order valence-electron chi connectivity index (χ4n) is 4.98. The SMILES string of the molecule is O=C1CC[C@]2(C(=O)NCc3ccccc3)CN(C(=O)c3ccc4ccccc4n3)CC[C@H]2N1. The molecule has 0 radical (unpaired) electrons. The van der Waals surface area contributed by atoms with Crippen LogP contribution in [0.4, 0.5) is 0 Å². The molecule has 3 aromatic rings. The molecule has 2 aromatic carbocycles. The normalized spacial score (nSPS) is 22.4.